The third kappa shape index (κ3) is 3.65. The molecule has 0 saturated heterocycles. The summed E-state index contributed by atoms with van der Waals surface area (Å²) in [6, 6.07) is 13.8. The minimum Gasteiger partial charge on any atom is -0.309 e. The van der Waals surface area contributed by atoms with Crippen molar-refractivity contribution in [3.05, 3.63) is 84.3 Å². The molecule has 0 amide bonds. The molecule has 0 N–H and O–H groups in total. The van der Waals surface area contributed by atoms with Crippen LogP contribution in [0.2, 0.25) is 0 Å². The van der Waals surface area contributed by atoms with Gasteiger partial charge in [0.05, 0.1) is 16.8 Å². The molecule has 0 bridgehead atoms. The van der Waals surface area contributed by atoms with E-state index in [0.29, 0.717) is 11.4 Å². The fourth-order valence-electron chi connectivity index (χ4n) is 2.87. The summed E-state index contributed by atoms with van der Waals surface area (Å²) >= 11 is 0. The van der Waals surface area contributed by atoms with Gasteiger partial charge in [0.25, 0.3) is 0 Å². The van der Waals surface area contributed by atoms with Crippen molar-refractivity contribution in [2.75, 3.05) is 0 Å². The highest BCUT2D eigenvalue weighted by Crippen LogP contribution is 2.34. The lowest BCUT2D eigenvalue weighted by Gasteiger charge is -2.14. The van der Waals surface area contributed by atoms with Crippen LogP contribution >= 0.6 is 0 Å². The largest absolute Gasteiger partial charge is 0.416 e. The Bertz CT molecular complexity index is 1090. The van der Waals surface area contributed by atoms with E-state index in [-0.39, 0.29) is 5.57 Å². The van der Waals surface area contributed by atoms with Gasteiger partial charge >= 0.3 is 6.18 Å². The second-order valence-electron chi connectivity index (χ2n) is 5.83. The molecule has 0 aliphatic carbocycles. The van der Waals surface area contributed by atoms with E-state index in [1.54, 1.807) is 17.6 Å². The van der Waals surface area contributed by atoms with Crippen molar-refractivity contribution in [2.24, 2.45) is 0 Å². The SMILES string of the molecule is C=C(F)/C(=C\C#CC)c1cc2ccccc2n1-c1ccc(C(F)(F)F)cc1. The van der Waals surface area contributed by atoms with Crippen LogP contribution in [0.15, 0.2) is 73.1 Å². The van der Waals surface area contributed by atoms with Crippen LogP contribution in [-0.4, -0.2) is 4.57 Å². The van der Waals surface area contributed by atoms with Crippen molar-refractivity contribution in [1.82, 2.24) is 4.57 Å². The van der Waals surface area contributed by atoms with E-state index in [1.807, 2.05) is 24.3 Å². The second kappa shape index (κ2) is 7.16. The molecule has 0 aliphatic rings. The Labute approximate surface area is 154 Å². The van der Waals surface area contributed by atoms with Crippen LogP contribution in [-0.2, 0) is 6.18 Å². The summed E-state index contributed by atoms with van der Waals surface area (Å²) in [6.07, 6.45) is -3.01. The number of para-hydroxylation sites is 1. The Morgan fingerprint density at radius 3 is 2.33 bits per heavy atom. The Morgan fingerprint density at radius 1 is 1.07 bits per heavy atom. The van der Waals surface area contributed by atoms with Gasteiger partial charge in [-0.25, -0.2) is 4.39 Å². The predicted octanol–water partition coefficient (Wildman–Crippen LogP) is 6.54. The maximum absolute atomic E-state index is 14.1. The summed E-state index contributed by atoms with van der Waals surface area (Å²) in [6.45, 7) is 5.00. The van der Waals surface area contributed by atoms with E-state index in [4.69, 9.17) is 0 Å². The third-order valence-electron chi connectivity index (χ3n) is 4.09. The average Bonchev–Trinajstić information content (AvgIpc) is 3.00. The van der Waals surface area contributed by atoms with E-state index >= 15 is 0 Å². The van der Waals surface area contributed by atoms with E-state index in [9.17, 15) is 17.6 Å². The molecule has 1 heterocycles. The zero-order valence-electron chi connectivity index (χ0n) is 14.4. The van der Waals surface area contributed by atoms with Gasteiger partial charge in [-0.15, -0.1) is 5.92 Å². The summed E-state index contributed by atoms with van der Waals surface area (Å²) in [4.78, 5) is 0. The number of allylic oxidation sites excluding steroid dienone is 3. The van der Waals surface area contributed by atoms with Gasteiger partial charge in [0.2, 0.25) is 0 Å². The number of rotatable bonds is 3. The summed E-state index contributed by atoms with van der Waals surface area (Å²) < 4.78 is 54.5. The molecule has 0 fully saturated rings. The quantitative estimate of drug-likeness (QED) is 0.281. The van der Waals surface area contributed by atoms with Crippen LogP contribution in [0.25, 0.3) is 22.2 Å². The first kappa shape index (κ1) is 18.5. The topological polar surface area (TPSA) is 4.93 Å². The highest BCUT2D eigenvalue weighted by atomic mass is 19.4. The smallest absolute Gasteiger partial charge is 0.309 e. The van der Waals surface area contributed by atoms with E-state index in [0.717, 1.165) is 23.0 Å². The van der Waals surface area contributed by atoms with Gasteiger partial charge in [0, 0.05) is 22.7 Å². The van der Waals surface area contributed by atoms with Gasteiger partial charge in [0.1, 0.15) is 5.83 Å². The van der Waals surface area contributed by atoms with E-state index in [2.05, 4.69) is 18.4 Å². The molecule has 0 atom stereocenters. The van der Waals surface area contributed by atoms with Gasteiger partial charge in [-0.05, 0) is 43.3 Å². The first-order valence-electron chi connectivity index (χ1n) is 8.08. The Hall–Kier alpha value is -3.26. The van der Waals surface area contributed by atoms with Gasteiger partial charge in [-0.3, -0.25) is 0 Å². The van der Waals surface area contributed by atoms with Crippen LogP contribution in [0.5, 0.6) is 0 Å². The molecule has 0 unspecified atom stereocenters. The van der Waals surface area contributed by atoms with E-state index in [1.165, 1.54) is 18.2 Å². The molecule has 27 heavy (non-hydrogen) atoms. The lowest BCUT2D eigenvalue weighted by atomic mass is 10.1. The Kier molecular flexibility index (Phi) is 4.91. The average molecular weight is 369 g/mol. The standard InChI is InChI=1S/C22H15F4N/c1-3-4-8-19(15(2)23)21-14-16-7-5-6-9-20(16)27(21)18-12-10-17(11-13-18)22(24,25)26/h5-14H,2H2,1H3/b19-8+. The first-order chi connectivity index (χ1) is 12.8. The number of hydrogen-bond donors (Lipinski definition) is 0. The molecular formula is C22H15F4N. The van der Waals surface area contributed by atoms with Crippen LogP contribution in [0.3, 0.4) is 0 Å². The molecule has 3 rings (SSSR count). The normalized spacial score (nSPS) is 12.0. The number of nitrogens with zero attached hydrogens (tertiary/aromatic N) is 1. The monoisotopic (exact) mass is 369 g/mol. The number of benzene rings is 2. The van der Waals surface area contributed by atoms with Gasteiger partial charge < -0.3 is 4.57 Å². The van der Waals surface area contributed by atoms with Crippen molar-refractivity contribution < 1.29 is 17.6 Å². The lowest BCUT2D eigenvalue weighted by molar-refractivity contribution is -0.137. The molecule has 3 aromatic rings. The number of alkyl halides is 3. The number of fused-ring (bicyclic) bond motifs is 1. The zero-order valence-corrected chi connectivity index (χ0v) is 14.4. The second-order valence-corrected chi connectivity index (χ2v) is 5.83. The minimum atomic E-state index is -4.42. The third-order valence-corrected chi connectivity index (χ3v) is 4.09. The summed E-state index contributed by atoms with van der Waals surface area (Å²) in [7, 11) is 0. The molecule has 0 saturated carbocycles. The van der Waals surface area contributed by atoms with Crippen LogP contribution < -0.4 is 0 Å². The fourth-order valence-corrected chi connectivity index (χ4v) is 2.87. The van der Waals surface area contributed by atoms with Crippen molar-refractivity contribution in [2.45, 2.75) is 13.1 Å². The van der Waals surface area contributed by atoms with Crippen molar-refractivity contribution >= 4 is 16.5 Å². The molecule has 136 valence electrons. The molecule has 1 nitrogen and oxygen atoms in total. The highest BCUT2D eigenvalue weighted by Gasteiger charge is 2.30. The van der Waals surface area contributed by atoms with Crippen molar-refractivity contribution in [3.8, 4) is 17.5 Å². The highest BCUT2D eigenvalue weighted by molar-refractivity contribution is 5.90. The predicted molar refractivity (Wildman–Crippen MR) is 100.0 cm³/mol. The minimum absolute atomic E-state index is 0.181. The van der Waals surface area contributed by atoms with Gasteiger partial charge in [-0.1, -0.05) is 30.7 Å². The Morgan fingerprint density at radius 2 is 1.74 bits per heavy atom. The summed E-state index contributed by atoms with van der Waals surface area (Å²) in [5, 5.41) is 0.823. The molecule has 0 radical (unpaired) electrons. The molecule has 5 heteroatoms. The van der Waals surface area contributed by atoms with Crippen molar-refractivity contribution in [3.63, 3.8) is 0 Å². The summed E-state index contributed by atoms with van der Waals surface area (Å²) in [5.41, 5.74) is 1.12. The number of aromatic nitrogens is 1. The van der Waals surface area contributed by atoms with Crippen LogP contribution in [0, 0.1) is 11.8 Å². The summed E-state index contributed by atoms with van der Waals surface area (Å²) in [5.74, 6) is 4.70. The maximum atomic E-state index is 14.1. The first-order valence-corrected chi connectivity index (χ1v) is 8.08. The van der Waals surface area contributed by atoms with Crippen molar-refractivity contribution in [1.29, 1.82) is 0 Å². The van der Waals surface area contributed by atoms with Crippen LogP contribution in [0.1, 0.15) is 18.2 Å². The molecule has 2 aromatic carbocycles. The maximum Gasteiger partial charge on any atom is 0.416 e. The molecule has 1 aromatic heterocycles. The molecule has 0 spiro atoms. The zero-order chi connectivity index (χ0) is 19.6. The number of halogens is 4. The lowest BCUT2D eigenvalue weighted by Crippen LogP contribution is -2.06. The Balaban J connectivity index is 2.27. The van der Waals surface area contributed by atoms with Gasteiger partial charge in [-0.2, -0.15) is 13.2 Å². The fraction of sp³-hybridized carbons (Fsp3) is 0.0909. The molecule has 0 aliphatic heterocycles. The van der Waals surface area contributed by atoms with Gasteiger partial charge in [0.15, 0.2) is 0 Å². The van der Waals surface area contributed by atoms with E-state index < -0.39 is 17.6 Å². The molecular weight excluding hydrogens is 354 g/mol. The van der Waals surface area contributed by atoms with Crippen LogP contribution in [0.4, 0.5) is 17.6 Å². The number of hydrogen-bond acceptors (Lipinski definition) is 0.